The van der Waals surface area contributed by atoms with Crippen molar-refractivity contribution in [3.63, 3.8) is 0 Å². The van der Waals surface area contributed by atoms with Gasteiger partial charge in [-0.25, -0.2) is 0 Å². The summed E-state index contributed by atoms with van der Waals surface area (Å²) < 4.78 is 0. The van der Waals surface area contributed by atoms with Crippen molar-refractivity contribution < 1.29 is 9.90 Å². The van der Waals surface area contributed by atoms with E-state index in [1.807, 2.05) is 6.07 Å². The highest BCUT2D eigenvalue weighted by molar-refractivity contribution is 6.04. The predicted molar refractivity (Wildman–Crippen MR) is 82.0 cm³/mol. The molecule has 0 radical (unpaired) electrons. The van der Waals surface area contributed by atoms with Gasteiger partial charge in [-0.1, -0.05) is 26.8 Å². The second-order valence-corrected chi connectivity index (χ2v) is 6.36. The predicted octanol–water partition coefficient (Wildman–Crippen LogP) is 2.16. The lowest BCUT2D eigenvalue weighted by atomic mass is 9.89. The fourth-order valence-corrected chi connectivity index (χ4v) is 2.26. The lowest BCUT2D eigenvalue weighted by Gasteiger charge is -2.22. The number of aliphatic hydroxyl groups excluding tert-OH is 1. The molecule has 0 spiro atoms. The van der Waals surface area contributed by atoms with Crippen molar-refractivity contribution in [1.29, 1.82) is 0 Å². The molecule has 21 heavy (non-hydrogen) atoms. The van der Waals surface area contributed by atoms with E-state index in [0.717, 1.165) is 0 Å². The van der Waals surface area contributed by atoms with Gasteiger partial charge in [0.15, 0.2) is 0 Å². The number of nitrogens with one attached hydrogen (secondary N) is 1. The fraction of sp³-hybridized carbons (Fsp3) is 0.438. The maximum absolute atomic E-state index is 12.2. The largest absolute Gasteiger partial charge is 0.391 e. The van der Waals surface area contributed by atoms with Gasteiger partial charge in [-0.05, 0) is 24.0 Å². The molecule has 1 heterocycles. The Balaban J connectivity index is 2.06. The first kappa shape index (κ1) is 15.4. The van der Waals surface area contributed by atoms with Crippen molar-refractivity contribution in [2.45, 2.75) is 33.3 Å². The molecule has 1 aromatic carbocycles. The van der Waals surface area contributed by atoms with E-state index in [4.69, 9.17) is 0 Å². The van der Waals surface area contributed by atoms with E-state index < -0.39 is 6.10 Å². The van der Waals surface area contributed by atoms with Crippen LogP contribution in [0.25, 0.3) is 11.0 Å². The van der Waals surface area contributed by atoms with Crippen molar-refractivity contribution in [2.75, 3.05) is 6.54 Å². The molecule has 0 saturated heterocycles. The number of rotatable bonds is 4. The Kier molecular flexibility index (Phi) is 4.53. The molecule has 5 nitrogen and oxygen atoms in total. The number of aromatic nitrogens is 2. The molecule has 0 aliphatic rings. The third-order valence-corrected chi connectivity index (χ3v) is 3.09. The van der Waals surface area contributed by atoms with E-state index in [1.165, 1.54) is 0 Å². The van der Waals surface area contributed by atoms with Gasteiger partial charge >= 0.3 is 0 Å². The minimum Gasteiger partial charge on any atom is -0.391 e. The molecule has 0 fully saturated rings. The first-order valence-corrected chi connectivity index (χ1v) is 7.03. The average molecular weight is 287 g/mol. The number of nitrogens with zero attached hydrogens (tertiary/aromatic N) is 2. The maximum atomic E-state index is 12.2. The van der Waals surface area contributed by atoms with E-state index in [2.05, 4.69) is 36.1 Å². The minimum atomic E-state index is -0.560. The standard InChI is InChI=1S/C16H21N3O2/c1-16(2,3)9-11(20)10-19-15(21)12-5-4-6-13-14(12)18-8-7-17-13/h4-8,11,20H,9-10H2,1-3H3,(H,19,21). The summed E-state index contributed by atoms with van der Waals surface area (Å²) in [4.78, 5) is 20.6. The number of fused-ring (bicyclic) bond motifs is 1. The van der Waals surface area contributed by atoms with Crippen LogP contribution < -0.4 is 5.32 Å². The average Bonchev–Trinajstić information content (AvgIpc) is 2.42. The quantitative estimate of drug-likeness (QED) is 0.903. The smallest absolute Gasteiger partial charge is 0.253 e. The van der Waals surface area contributed by atoms with Gasteiger partial charge in [0.1, 0.15) is 5.52 Å². The summed E-state index contributed by atoms with van der Waals surface area (Å²) in [5.41, 5.74) is 1.75. The Morgan fingerprint density at radius 1 is 1.29 bits per heavy atom. The van der Waals surface area contributed by atoms with E-state index in [-0.39, 0.29) is 17.9 Å². The number of para-hydroxylation sites is 1. The molecule has 2 N–H and O–H groups in total. The van der Waals surface area contributed by atoms with Gasteiger partial charge in [0.25, 0.3) is 5.91 Å². The Labute approximate surface area is 124 Å². The SMILES string of the molecule is CC(C)(C)CC(O)CNC(=O)c1cccc2nccnc12. The van der Waals surface area contributed by atoms with Gasteiger partial charge < -0.3 is 10.4 Å². The lowest BCUT2D eigenvalue weighted by molar-refractivity contribution is 0.0870. The molecule has 112 valence electrons. The zero-order chi connectivity index (χ0) is 15.5. The Bertz CT molecular complexity index is 629. The molecule has 2 rings (SSSR count). The Morgan fingerprint density at radius 3 is 2.71 bits per heavy atom. The van der Waals surface area contributed by atoms with Crippen LogP contribution in [0.3, 0.4) is 0 Å². The van der Waals surface area contributed by atoms with Crippen LogP contribution in [-0.4, -0.2) is 33.6 Å². The van der Waals surface area contributed by atoms with Crippen LogP contribution in [0.15, 0.2) is 30.6 Å². The van der Waals surface area contributed by atoms with Crippen LogP contribution in [0.4, 0.5) is 0 Å². The Hall–Kier alpha value is -2.01. The number of hydrogen-bond donors (Lipinski definition) is 2. The Morgan fingerprint density at radius 2 is 2.00 bits per heavy atom. The number of benzene rings is 1. The van der Waals surface area contributed by atoms with Gasteiger partial charge in [0.2, 0.25) is 0 Å². The molecule has 0 aliphatic carbocycles. The van der Waals surface area contributed by atoms with Gasteiger partial charge in [-0.3, -0.25) is 14.8 Å². The number of carbonyl (C=O) groups excluding carboxylic acids is 1. The van der Waals surface area contributed by atoms with Gasteiger partial charge in [0, 0.05) is 18.9 Å². The van der Waals surface area contributed by atoms with E-state index in [0.29, 0.717) is 23.0 Å². The topological polar surface area (TPSA) is 75.1 Å². The normalized spacial score (nSPS) is 13.1. The molecular weight excluding hydrogens is 266 g/mol. The highest BCUT2D eigenvalue weighted by Gasteiger charge is 2.18. The highest BCUT2D eigenvalue weighted by Crippen LogP contribution is 2.20. The van der Waals surface area contributed by atoms with Gasteiger partial charge in [0.05, 0.1) is 17.2 Å². The number of amides is 1. The number of aliphatic hydroxyl groups is 1. The van der Waals surface area contributed by atoms with E-state index >= 15 is 0 Å². The summed E-state index contributed by atoms with van der Waals surface area (Å²) in [5, 5.41) is 12.7. The molecule has 1 unspecified atom stereocenters. The number of hydrogen-bond acceptors (Lipinski definition) is 4. The van der Waals surface area contributed by atoms with Crippen molar-refractivity contribution in [1.82, 2.24) is 15.3 Å². The van der Waals surface area contributed by atoms with Crippen LogP contribution >= 0.6 is 0 Å². The van der Waals surface area contributed by atoms with Crippen LogP contribution in [0.1, 0.15) is 37.6 Å². The van der Waals surface area contributed by atoms with Crippen molar-refractivity contribution in [3.05, 3.63) is 36.2 Å². The van der Waals surface area contributed by atoms with Gasteiger partial charge in [-0.15, -0.1) is 0 Å². The van der Waals surface area contributed by atoms with Crippen LogP contribution in [0, 0.1) is 5.41 Å². The minimum absolute atomic E-state index is 0.0229. The first-order chi connectivity index (χ1) is 9.87. The highest BCUT2D eigenvalue weighted by atomic mass is 16.3. The zero-order valence-corrected chi connectivity index (χ0v) is 12.6. The number of carbonyl (C=O) groups is 1. The molecular formula is C16H21N3O2. The van der Waals surface area contributed by atoms with Crippen LogP contribution in [0.2, 0.25) is 0 Å². The molecule has 0 saturated carbocycles. The maximum Gasteiger partial charge on any atom is 0.253 e. The third-order valence-electron chi connectivity index (χ3n) is 3.09. The fourth-order valence-electron chi connectivity index (χ4n) is 2.26. The molecule has 5 heteroatoms. The monoisotopic (exact) mass is 287 g/mol. The van der Waals surface area contributed by atoms with Gasteiger partial charge in [-0.2, -0.15) is 0 Å². The van der Waals surface area contributed by atoms with Crippen LogP contribution in [0.5, 0.6) is 0 Å². The van der Waals surface area contributed by atoms with E-state index in [9.17, 15) is 9.90 Å². The lowest BCUT2D eigenvalue weighted by Crippen LogP contribution is -2.34. The molecule has 0 aliphatic heterocycles. The second-order valence-electron chi connectivity index (χ2n) is 6.36. The summed E-state index contributed by atoms with van der Waals surface area (Å²) >= 11 is 0. The zero-order valence-electron chi connectivity index (χ0n) is 12.6. The summed E-state index contributed by atoms with van der Waals surface area (Å²) in [7, 11) is 0. The van der Waals surface area contributed by atoms with E-state index in [1.54, 1.807) is 24.5 Å². The molecule has 1 aromatic heterocycles. The first-order valence-electron chi connectivity index (χ1n) is 7.03. The molecule has 0 bridgehead atoms. The van der Waals surface area contributed by atoms with Crippen molar-refractivity contribution >= 4 is 16.9 Å². The van der Waals surface area contributed by atoms with Crippen molar-refractivity contribution in [2.24, 2.45) is 5.41 Å². The summed E-state index contributed by atoms with van der Waals surface area (Å²) in [5.74, 6) is -0.242. The molecule has 1 amide bonds. The molecule has 2 aromatic rings. The van der Waals surface area contributed by atoms with Crippen LogP contribution in [-0.2, 0) is 0 Å². The molecule has 1 atom stereocenters. The summed E-state index contributed by atoms with van der Waals surface area (Å²) in [6, 6.07) is 5.30. The summed E-state index contributed by atoms with van der Waals surface area (Å²) in [6.07, 6.45) is 3.22. The third kappa shape index (κ3) is 4.23. The second kappa shape index (κ2) is 6.18. The summed E-state index contributed by atoms with van der Waals surface area (Å²) in [6.45, 7) is 6.39. The van der Waals surface area contributed by atoms with Crippen molar-refractivity contribution in [3.8, 4) is 0 Å².